The smallest absolute Gasteiger partial charge is 0.410 e. The van der Waals surface area contributed by atoms with Gasteiger partial charge in [0.1, 0.15) is 27.7 Å². The topological polar surface area (TPSA) is 99.5 Å². The van der Waals surface area contributed by atoms with Crippen LogP contribution >= 0.6 is 0 Å². The second kappa shape index (κ2) is 7.79. The van der Waals surface area contributed by atoms with Crippen LogP contribution in [-0.4, -0.2) is 48.4 Å². The first-order valence-corrected chi connectivity index (χ1v) is 11.4. The summed E-state index contributed by atoms with van der Waals surface area (Å²) in [6.07, 6.45) is 0.430. The molecule has 0 bridgehead atoms. The molecule has 7 nitrogen and oxygen atoms in total. The zero-order valence-corrected chi connectivity index (χ0v) is 18.4. The van der Waals surface area contributed by atoms with Crippen LogP contribution in [0.3, 0.4) is 0 Å². The van der Waals surface area contributed by atoms with Crippen LogP contribution in [0.5, 0.6) is 0 Å². The summed E-state index contributed by atoms with van der Waals surface area (Å²) >= 11 is 0. The lowest BCUT2D eigenvalue weighted by Crippen LogP contribution is -2.44. The molecule has 0 aromatic heterocycles. The van der Waals surface area contributed by atoms with Gasteiger partial charge in [-0.15, -0.1) is 0 Å². The molecule has 1 saturated carbocycles. The highest BCUT2D eigenvalue weighted by molar-refractivity contribution is 7.92. The minimum atomic E-state index is -4.22. The molecule has 168 valence electrons. The Morgan fingerprint density at radius 1 is 1.35 bits per heavy atom. The predicted molar refractivity (Wildman–Crippen MR) is 109 cm³/mol. The number of carbonyl (C=O) groups is 1. The number of carbonyl (C=O) groups excluding carboxylic acids is 1. The molecule has 2 atom stereocenters. The Bertz CT molecular complexity index is 1060. The monoisotopic (exact) mass is 453 g/mol. The molecule has 1 amide bonds. The normalized spacial score (nSPS) is 22.5. The lowest BCUT2D eigenvalue weighted by molar-refractivity contribution is 0.0245. The van der Waals surface area contributed by atoms with Crippen molar-refractivity contribution in [3.8, 4) is 6.07 Å². The first-order valence-electron chi connectivity index (χ1n) is 9.85. The third-order valence-corrected chi connectivity index (χ3v) is 7.46. The van der Waals surface area contributed by atoms with E-state index in [9.17, 15) is 27.3 Å². The van der Waals surface area contributed by atoms with E-state index in [0.29, 0.717) is 24.6 Å². The molecule has 0 spiro atoms. The van der Waals surface area contributed by atoms with Crippen LogP contribution in [0.25, 0.3) is 0 Å². The van der Waals surface area contributed by atoms with Crippen LogP contribution < -0.4 is 5.32 Å². The van der Waals surface area contributed by atoms with Gasteiger partial charge >= 0.3 is 6.09 Å². The van der Waals surface area contributed by atoms with Gasteiger partial charge in [0.15, 0.2) is 9.84 Å². The van der Waals surface area contributed by atoms with Crippen molar-refractivity contribution in [2.75, 3.05) is 6.54 Å². The van der Waals surface area contributed by atoms with Crippen LogP contribution in [0.4, 0.5) is 13.6 Å². The summed E-state index contributed by atoms with van der Waals surface area (Å²) < 4.78 is 59.1. The van der Waals surface area contributed by atoms with E-state index in [1.54, 1.807) is 20.8 Å². The summed E-state index contributed by atoms with van der Waals surface area (Å²) in [4.78, 5) is 13.4. The summed E-state index contributed by atoms with van der Waals surface area (Å²) in [5.74, 6) is -2.08. The third-order valence-electron chi connectivity index (χ3n) is 5.30. The fraction of sp³-hybridized carbons (Fsp3) is 0.524. The number of nitriles is 1. The lowest BCUT2D eigenvalue weighted by atomic mass is 10.1. The van der Waals surface area contributed by atoms with Crippen molar-refractivity contribution in [1.29, 1.82) is 5.26 Å². The second-order valence-electron chi connectivity index (χ2n) is 8.97. The van der Waals surface area contributed by atoms with Crippen molar-refractivity contribution in [3.63, 3.8) is 0 Å². The van der Waals surface area contributed by atoms with E-state index in [1.807, 2.05) is 0 Å². The SMILES string of the molecule is C=C(NC1(C#N)CC1)[C@@H]1C[C@@H](S(=O)(=O)c2ccc(F)cc2F)CN1C(=O)OC(C)(C)C. The van der Waals surface area contributed by atoms with Crippen molar-refractivity contribution in [1.82, 2.24) is 10.2 Å². The van der Waals surface area contributed by atoms with Crippen LogP contribution in [0.1, 0.15) is 40.0 Å². The van der Waals surface area contributed by atoms with Crippen LogP contribution in [-0.2, 0) is 14.6 Å². The minimum absolute atomic E-state index is 0.0638. The number of halogens is 2. The summed E-state index contributed by atoms with van der Waals surface area (Å²) in [5.41, 5.74) is -1.26. The summed E-state index contributed by atoms with van der Waals surface area (Å²) in [6, 6.07) is 3.65. The van der Waals surface area contributed by atoms with Gasteiger partial charge in [-0.2, -0.15) is 5.26 Å². The van der Waals surface area contributed by atoms with E-state index in [2.05, 4.69) is 18.0 Å². The zero-order chi connectivity index (χ0) is 23.2. The molecule has 10 heteroatoms. The molecule has 0 radical (unpaired) electrons. The zero-order valence-electron chi connectivity index (χ0n) is 17.6. The number of nitrogens with one attached hydrogen (secondary N) is 1. The second-order valence-corrected chi connectivity index (χ2v) is 11.2. The minimum Gasteiger partial charge on any atom is -0.444 e. The van der Waals surface area contributed by atoms with Gasteiger partial charge < -0.3 is 10.1 Å². The van der Waals surface area contributed by atoms with Gasteiger partial charge in [-0.1, -0.05) is 6.58 Å². The number of hydrogen-bond acceptors (Lipinski definition) is 6. The predicted octanol–water partition coefficient (Wildman–Crippen LogP) is 3.28. The van der Waals surface area contributed by atoms with Crippen molar-refractivity contribution in [2.45, 2.75) is 67.4 Å². The molecule has 1 aliphatic carbocycles. The fourth-order valence-corrected chi connectivity index (χ4v) is 5.28. The molecule has 1 aromatic rings. The van der Waals surface area contributed by atoms with Gasteiger partial charge in [0.2, 0.25) is 0 Å². The quantitative estimate of drug-likeness (QED) is 0.687. The maximum absolute atomic E-state index is 14.2. The highest BCUT2D eigenvalue weighted by atomic mass is 32.2. The first-order chi connectivity index (χ1) is 14.3. The number of benzene rings is 1. The number of sulfone groups is 1. The number of ether oxygens (including phenoxy) is 1. The average molecular weight is 454 g/mol. The van der Waals surface area contributed by atoms with Gasteiger partial charge in [-0.25, -0.2) is 22.0 Å². The van der Waals surface area contributed by atoms with Crippen LogP contribution in [0.15, 0.2) is 35.4 Å². The number of nitrogens with zero attached hydrogens (tertiary/aromatic N) is 2. The molecular weight excluding hydrogens is 428 g/mol. The van der Waals surface area contributed by atoms with E-state index in [-0.39, 0.29) is 13.0 Å². The summed E-state index contributed by atoms with van der Waals surface area (Å²) in [5, 5.41) is 11.2. The van der Waals surface area contributed by atoms with Gasteiger partial charge in [-0.3, -0.25) is 4.90 Å². The molecule has 1 heterocycles. The molecule has 2 aliphatic rings. The number of rotatable bonds is 5. The average Bonchev–Trinajstić information content (AvgIpc) is 3.25. The Morgan fingerprint density at radius 3 is 2.52 bits per heavy atom. The molecule has 1 N–H and O–H groups in total. The van der Waals surface area contributed by atoms with Gasteiger partial charge in [0.05, 0.1) is 17.4 Å². The molecule has 31 heavy (non-hydrogen) atoms. The van der Waals surface area contributed by atoms with Crippen molar-refractivity contribution < 1.29 is 26.7 Å². The largest absolute Gasteiger partial charge is 0.444 e. The maximum Gasteiger partial charge on any atom is 0.410 e. The molecular formula is C21H25F2N3O4S. The van der Waals surface area contributed by atoms with E-state index in [1.165, 1.54) is 4.90 Å². The summed E-state index contributed by atoms with van der Waals surface area (Å²) in [7, 11) is -4.22. The maximum atomic E-state index is 14.2. The number of likely N-dealkylation sites (tertiary alicyclic amines) is 1. The summed E-state index contributed by atoms with van der Waals surface area (Å²) in [6.45, 7) is 8.72. The Kier molecular flexibility index (Phi) is 5.78. The van der Waals surface area contributed by atoms with Crippen LogP contribution in [0.2, 0.25) is 0 Å². The van der Waals surface area contributed by atoms with E-state index in [0.717, 1.165) is 12.1 Å². The molecule has 0 unspecified atom stereocenters. The number of hydrogen-bond donors (Lipinski definition) is 1. The molecule has 2 fully saturated rings. The standard InChI is InChI=1S/C21H25F2N3O4S/c1-13(25-21(12-24)7-8-21)17-10-15(11-26(17)19(27)30-20(2,3)4)31(28,29)18-6-5-14(22)9-16(18)23/h5-6,9,15,17,25H,1,7-8,10-11H2,2-4H3/t15-,17+/m1/s1. The Hall–Kier alpha value is -2.67. The molecule has 1 aliphatic heterocycles. The Morgan fingerprint density at radius 2 is 2.00 bits per heavy atom. The van der Waals surface area contributed by atoms with Crippen LogP contribution in [0, 0.1) is 23.0 Å². The van der Waals surface area contributed by atoms with Crippen molar-refractivity contribution >= 4 is 15.9 Å². The van der Waals surface area contributed by atoms with Crippen molar-refractivity contribution in [3.05, 3.63) is 42.1 Å². The fourth-order valence-electron chi connectivity index (χ4n) is 3.54. The highest BCUT2D eigenvalue weighted by Crippen LogP contribution is 2.38. The van der Waals surface area contributed by atoms with Gasteiger partial charge in [0, 0.05) is 18.3 Å². The van der Waals surface area contributed by atoms with E-state index in [4.69, 9.17) is 4.74 Å². The first kappa shape index (κ1) is 23.0. The molecule has 1 saturated heterocycles. The lowest BCUT2D eigenvalue weighted by Gasteiger charge is -2.30. The molecule has 3 rings (SSSR count). The van der Waals surface area contributed by atoms with Gasteiger partial charge in [-0.05, 0) is 52.2 Å². The third kappa shape index (κ3) is 4.82. The van der Waals surface area contributed by atoms with Gasteiger partial charge in [0.25, 0.3) is 0 Å². The number of amides is 1. The van der Waals surface area contributed by atoms with E-state index < -0.39 is 54.9 Å². The van der Waals surface area contributed by atoms with E-state index >= 15 is 0 Å². The highest BCUT2D eigenvalue weighted by Gasteiger charge is 2.49. The Balaban J connectivity index is 1.90. The van der Waals surface area contributed by atoms with Crippen molar-refractivity contribution in [2.24, 2.45) is 0 Å². The Labute approximate surface area is 180 Å². The molecule has 1 aromatic carbocycles.